The van der Waals surface area contributed by atoms with Gasteiger partial charge in [-0.1, -0.05) is 42.5 Å². The number of fused-ring (bicyclic) bond motifs is 1. The van der Waals surface area contributed by atoms with Gasteiger partial charge in [0.05, 0.1) is 11.4 Å². The van der Waals surface area contributed by atoms with Crippen LogP contribution in [-0.2, 0) is 11.3 Å². The molecule has 0 aliphatic carbocycles. The largest absolute Gasteiger partial charge is 0.321 e. The quantitative estimate of drug-likeness (QED) is 0.609. The van der Waals surface area contributed by atoms with Crippen molar-refractivity contribution in [1.82, 2.24) is 10.2 Å². The molecule has 1 unspecified atom stereocenters. The normalized spacial score (nSPS) is 15.4. The molecule has 174 valence electrons. The number of urea groups is 1. The Bertz CT molecular complexity index is 1260. The van der Waals surface area contributed by atoms with Crippen LogP contribution in [0.1, 0.15) is 16.7 Å². The number of rotatable bonds is 5. The first-order valence-electron chi connectivity index (χ1n) is 10.8. The van der Waals surface area contributed by atoms with Crippen LogP contribution in [0.15, 0.2) is 77.8 Å². The topological polar surface area (TPSA) is 77.0 Å². The van der Waals surface area contributed by atoms with E-state index in [1.807, 2.05) is 37.2 Å². The maximum Gasteiger partial charge on any atom is 0.321 e. The summed E-state index contributed by atoms with van der Waals surface area (Å²) < 4.78 is 14.7. The zero-order valence-electron chi connectivity index (χ0n) is 19.2. The van der Waals surface area contributed by atoms with Crippen molar-refractivity contribution in [2.75, 3.05) is 31.4 Å². The number of amides is 3. The molecule has 3 aromatic carbocycles. The fraction of sp³-hybridized carbons (Fsp3) is 0.192. The summed E-state index contributed by atoms with van der Waals surface area (Å²) in [6, 6.07) is 20.2. The Kier molecular flexibility index (Phi) is 6.70. The summed E-state index contributed by atoms with van der Waals surface area (Å²) in [5, 5.41) is 5.40. The first kappa shape index (κ1) is 23.1. The molecule has 1 aliphatic rings. The number of hydrogen-bond donors (Lipinski definition) is 2. The molecule has 3 amide bonds. The minimum atomic E-state index is -1.24. The van der Waals surface area contributed by atoms with Crippen LogP contribution in [0.2, 0.25) is 0 Å². The zero-order chi connectivity index (χ0) is 24.2. The number of anilines is 2. The van der Waals surface area contributed by atoms with Crippen LogP contribution in [0.5, 0.6) is 0 Å². The van der Waals surface area contributed by atoms with E-state index in [0.717, 1.165) is 12.1 Å². The van der Waals surface area contributed by atoms with Crippen molar-refractivity contribution in [1.29, 1.82) is 0 Å². The van der Waals surface area contributed by atoms with Crippen molar-refractivity contribution in [2.45, 2.75) is 12.7 Å². The monoisotopic (exact) mass is 459 g/mol. The molecule has 2 N–H and O–H groups in total. The first-order valence-corrected chi connectivity index (χ1v) is 10.8. The lowest BCUT2D eigenvalue weighted by molar-refractivity contribution is -0.119. The Hall–Kier alpha value is -4.04. The molecule has 4 rings (SSSR count). The van der Waals surface area contributed by atoms with E-state index in [4.69, 9.17) is 0 Å². The Morgan fingerprint density at radius 2 is 1.74 bits per heavy atom. The number of nitrogens with zero attached hydrogens (tertiary/aromatic N) is 3. The van der Waals surface area contributed by atoms with Gasteiger partial charge in [-0.3, -0.25) is 4.79 Å². The van der Waals surface area contributed by atoms with Crippen LogP contribution in [-0.4, -0.2) is 49.9 Å². The highest BCUT2D eigenvalue weighted by Crippen LogP contribution is 2.28. The number of halogens is 1. The molecule has 1 heterocycles. The molecular formula is C26H26FN5O2. The van der Waals surface area contributed by atoms with Crippen molar-refractivity contribution in [3.8, 4) is 0 Å². The second-order valence-corrected chi connectivity index (χ2v) is 8.31. The predicted molar refractivity (Wildman–Crippen MR) is 132 cm³/mol. The fourth-order valence-electron chi connectivity index (χ4n) is 3.89. The molecule has 1 aliphatic heterocycles. The number of carbonyl (C=O) groups excluding carboxylic acids is 2. The Morgan fingerprint density at radius 1 is 1.03 bits per heavy atom. The van der Waals surface area contributed by atoms with E-state index >= 15 is 0 Å². The molecule has 0 saturated heterocycles. The van der Waals surface area contributed by atoms with Gasteiger partial charge in [0.2, 0.25) is 6.17 Å². The van der Waals surface area contributed by atoms with Gasteiger partial charge in [-0.15, -0.1) is 0 Å². The molecule has 0 fully saturated rings. The highest BCUT2D eigenvalue weighted by molar-refractivity contribution is 6.20. The molecule has 34 heavy (non-hydrogen) atoms. The molecule has 8 heteroatoms. The number of nitrogens with one attached hydrogen (secondary N) is 2. The summed E-state index contributed by atoms with van der Waals surface area (Å²) in [6.07, 6.45) is -1.24. The third kappa shape index (κ3) is 4.97. The van der Waals surface area contributed by atoms with E-state index in [1.165, 1.54) is 11.0 Å². The summed E-state index contributed by atoms with van der Waals surface area (Å²) in [4.78, 5) is 34.0. The number of carbonyl (C=O) groups is 2. The van der Waals surface area contributed by atoms with E-state index in [1.54, 1.807) is 55.6 Å². The van der Waals surface area contributed by atoms with Crippen LogP contribution in [0.3, 0.4) is 0 Å². The highest BCUT2D eigenvalue weighted by Gasteiger charge is 2.31. The number of aliphatic imine (C=N–C) groups is 1. The average molecular weight is 460 g/mol. The van der Waals surface area contributed by atoms with Gasteiger partial charge in [0.15, 0.2) is 0 Å². The lowest BCUT2D eigenvalue weighted by Crippen LogP contribution is -2.47. The van der Waals surface area contributed by atoms with E-state index in [0.29, 0.717) is 22.6 Å². The number of benzodiazepines with no additional fused rings is 1. The Balaban J connectivity index is 1.65. The zero-order valence-corrected chi connectivity index (χ0v) is 19.2. The second kappa shape index (κ2) is 9.84. The third-order valence-electron chi connectivity index (χ3n) is 5.42. The summed E-state index contributed by atoms with van der Waals surface area (Å²) in [6.45, 7) is 0.720. The van der Waals surface area contributed by atoms with Gasteiger partial charge in [-0.05, 0) is 50.0 Å². The molecule has 3 aromatic rings. The standard InChI is InChI=1S/C26H26FN5O2/c1-31(2)16-17-9-8-10-18(15-17)28-26(34)30-24-25(33)32(3)22-14-7-5-12-20(22)23(29-24)19-11-4-6-13-21(19)27/h4-15,24H,16H2,1-3H3,(H2,28,30,34). The van der Waals surface area contributed by atoms with Crippen LogP contribution in [0.4, 0.5) is 20.6 Å². The predicted octanol–water partition coefficient (Wildman–Crippen LogP) is 3.85. The highest BCUT2D eigenvalue weighted by atomic mass is 19.1. The molecule has 0 radical (unpaired) electrons. The molecule has 0 bridgehead atoms. The van der Waals surface area contributed by atoms with Gasteiger partial charge in [-0.2, -0.15) is 0 Å². The van der Waals surface area contributed by atoms with Crippen molar-refractivity contribution in [3.05, 3.63) is 95.3 Å². The summed E-state index contributed by atoms with van der Waals surface area (Å²) in [7, 11) is 5.53. The Labute approximate surface area is 197 Å². The SMILES string of the molecule is CN(C)Cc1cccc(NC(=O)NC2N=C(c3ccccc3F)c3ccccc3N(C)C2=O)c1. The lowest BCUT2D eigenvalue weighted by Gasteiger charge is -2.21. The maximum atomic E-state index is 14.7. The summed E-state index contributed by atoms with van der Waals surface area (Å²) in [5.41, 5.74) is 3.35. The van der Waals surface area contributed by atoms with Gasteiger partial charge >= 0.3 is 6.03 Å². The minimum Gasteiger partial charge on any atom is -0.311 e. The van der Waals surface area contributed by atoms with Crippen LogP contribution in [0.25, 0.3) is 0 Å². The smallest absolute Gasteiger partial charge is 0.311 e. The van der Waals surface area contributed by atoms with Crippen LogP contribution in [0, 0.1) is 5.82 Å². The van der Waals surface area contributed by atoms with Crippen molar-refractivity contribution in [2.24, 2.45) is 4.99 Å². The van der Waals surface area contributed by atoms with Crippen LogP contribution < -0.4 is 15.5 Å². The number of hydrogen-bond acceptors (Lipinski definition) is 4. The molecule has 7 nitrogen and oxygen atoms in total. The van der Waals surface area contributed by atoms with Crippen molar-refractivity contribution < 1.29 is 14.0 Å². The molecule has 1 atom stereocenters. The third-order valence-corrected chi connectivity index (χ3v) is 5.42. The van der Waals surface area contributed by atoms with E-state index in [-0.39, 0.29) is 5.56 Å². The van der Waals surface area contributed by atoms with Gasteiger partial charge in [0.1, 0.15) is 5.82 Å². The number of likely N-dealkylation sites (N-methyl/N-ethyl adjacent to an activating group) is 1. The van der Waals surface area contributed by atoms with E-state index < -0.39 is 23.9 Å². The number of para-hydroxylation sites is 1. The lowest BCUT2D eigenvalue weighted by atomic mass is 10.00. The minimum absolute atomic E-state index is 0.252. The molecule has 0 saturated carbocycles. The van der Waals surface area contributed by atoms with Gasteiger partial charge < -0.3 is 20.4 Å². The molecular weight excluding hydrogens is 433 g/mol. The Morgan fingerprint density at radius 3 is 2.47 bits per heavy atom. The summed E-state index contributed by atoms with van der Waals surface area (Å²) >= 11 is 0. The average Bonchev–Trinajstić information content (AvgIpc) is 2.90. The number of benzene rings is 3. The summed E-state index contributed by atoms with van der Waals surface area (Å²) in [5.74, 6) is -0.899. The fourth-order valence-corrected chi connectivity index (χ4v) is 3.89. The second-order valence-electron chi connectivity index (χ2n) is 8.31. The van der Waals surface area contributed by atoms with E-state index in [9.17, 15) is 14.0 Å². The van der Waals surface area contributed by atoms with Gasteiger partial charge in [-0.25, -0.2) is 14.2 Å². The van der Waals surface area contributed by atoms with Crippen LogP contribution >= 0.6 is 0 Å². The van der Waals surface area contributed by atoms with Gasteiger partial charge in [0.25, 0.3) is 5.91 Å². The van der Waals surface area contributed by atoms with Crippen molar-refractivity contribution in [3.63, 3.8) is 0 Å². The molecule has 0 spiro atoms. The van der Waals surface area contributed by atoms with Crippen molar-refractivity contribution >= 4 is 29.0 Å². The molecule has 0 aromatic heterocycles. The maximum absolute atomic E-state index is 14.7. The first-order chi connectivity index (χ1) is 16.3. The van der Waals surface area contributed by atoms with E-state index in [2.05, 4.69) is 15.6 Å². The van der Waals surface area contributed by atoms with Gasteiger partial charge in [0, 0.05) is 30.4 Å².